The summed E-state index contributed by atoms with van der Waals surface area (Å²) in [6, 6.07) is 11.2. The van der Waals surface area contributed by atoms with Gasteiger partial charge in [-0.15, -0.1) is 0 Å². The second kappa shape index (κ2) is 6.55. The minimum Gasteiger partial charge on any atom is -0.481 e. The summed E-state index contributed by atoms with van der Waals surface area (Å²) in [7, 11) is 0. The lowest BCUT2D eigenvalue weighted by Crippen LogP contribution is -2.32. The van der Waals surface area contributed by atoms with Crippen molar-refractivity contribution in [2.24, 2.45) is 0 Å². The van der Waals surface area contributed by atoms with Crippen molar-refractivity contribution in [1.82, 2.24) is 4.90 Å². The van der Waals surface area contributed by atoms with Gasteiger partial charge in [0.1, 0.15) is 0 Å². The Morgan fingerprint density at radius 3 is 2.83 bits per heavy atom. The van der Waals surface area contributed by atoms with Crippen LogP contribution in [-0.4, -0.2) is 35.1 Å². The van der Waals surface area contributed by atoms with Gasteiger partial charge in [0.2, 0.25) is 0 Å². The lowest BCUT2D eigenvalue weighted by molar-refractivity contribution is -0.137. The third kappa shape index (κ3) is 3.84. The van der Waals surface area contributed by atoms with E-state index < -0.39 is 5.97 Å². The van der Waals surface area contributed by atoms with Gasteiger partial charge in [0.15, 0.2) is 0 Å². The largest absolute Gasteiger partial charge is 0.481 e. The van der Waals surface area contributed by atoms with Gasteiger partial charge < -0.3 is 10.0 Å². The molecule has 0 aliphatic carbocycles. The maximum atomic E-state index is 10.5. The van der Waals surface area contributed by atoms with Crippen LogP contribution in [0.2, 0.25) is 0 Å². The summed E-state index contributed by atoms with van der Waals surface area (Å²) in [5.41, 5.74) is 1.38. The standard InChI is InChI=1S/C15H21NO2/c17-15(18)9-5-11-16-10-4-8-14(16)12-13-6-2-1-3-7-13/h1-3,6-7,14H,4-5,8-12H2,(H,17,18). The van der Waals surface area contributed by atoms with Crippen LogP contribution in [0.4, 0.5) is 0 Å². The van der Waals surface area contributed by atoms with Crippen LogP contribution in [0, 0.1) is 0 Å². The van der Waals surface area contributed by atoms with E-state index >= 15 is 0 Å². The molecule has 0 amide bonds. The second-order valence-electron chi connectivity index (χ2n) is 5.02. The normalized spacial score (nSPS) is 20.1. The van der Waals surface area contributed by atoms with Crippen LogP contribution < -0.4 is 0 Å². The molecule has 0 aromatic heterocycles. The molecule has 1 fully saturated rings. The Morgan fingerprint density at radius 1 is 1.33 bits per heavy atom. The molecule has 18 heavy (non-hydrogen) atoms. The molecule has 1 unspecified atom stereocenters. The van der Waals surface area contributed by atoms with Gasteiger partial charge >= 0.3 is 5.97 Å². The molecule has 1 aromatic carbocycles. The smallest absolute Gasteiger partial charge is 0.303 e. The van der Waals surface area contributed by atoms with Crippen molar-refractivity contribution < 1.29 is 9.90 Å². The number of likely N-dealkylation sites (tertiary alicyclic amines) is 1. The predicted molar refractivity (Wildman–Crippen MR) is 71.6 cm³/mol. The van der Waals surface area contributed by atoms with Gasteiger partial charge in [0, 0.05) is 12.5 Å². The van der Waals surface area contributed by atoms with Gasteiger partial charge in [-0.2, -0.15) is 0 Å². The molecule has 1 heterocycles. The molecule has 1 aliphatic rings. The zero-order chi connectivity index (χ0) is 12.8. The first-order valence-electron chi connectivity index (χ1n) is 6.75. The Hall–Kier alpha value is -1.35. The molecule has 0 radical (unpaired) electrons. The molecule has 1 saturated heterocycles. The Balaban J connectivity index is 1.82. The summed E-state index contributed by atoms with van der Waals surface area (Å²) in [6.07, 6.45) is 4.62. The maximum absolute atomic E-state index is 10.5. The van der Waals surface area contributed by atoms with Crippen molar-refractivity contribution in [3.05, 3.63) is 35.9 Å². The van der Waals surface area contributed by atoms with Crippen LogP contribution in [0.3, 0.4) is 0 Å². The van der Waals surface area contributed by atoms with Crippen molar-refractivity contribution >= 4 is 5.97 Å². The summed E-state index contributed by atoms with van der Waals surface area (Å²) < 4.78 is 0. The van der Waals surface area contributed by atoms with Gasteiger partial charge in [0.25, 0.3) is 0 Å². The predicted octanol–water partition coefficient (Wildman–Crippen LogP) is 2.56. The molecule has 0 saturated carbocycles. The molecule has 1 atom stereocenters. The topological polar surface area (TPSA) is 40.5 Å². The van der Waals surface area contributed by atoms with Crippen LogP contribution in [0.5, 0.6) is 0 Å². The first kappa shape index (κ1) is 13.1. The summed E-state index contributed by atoms with van der Waals surface area (Å²) >= 11 is 0. The number of carboxylic acids is 1. The average Bonchev–Trinajstić information content (AvgIpc) is 2.78. The van der Waals surface area contributed by atoms with Crippen LogP contribution in [-0.2, 0) is 11.2 Å². The molecule has 3 nitrogen and oxygen atoms in total. The highest BCUT2D eigenvalue weighted by molar-refractivity contribution is 5.66. The van der Waals surface area contributed by atoms with E-state index in [-0.39, 0.29) is 6.42 Å². The van der Waals surface area contributed by atoms with E-state index in [1.807, 2.05) is 6.07 Å². The maximum Gasteiger partial charge on any atom is 0.303 e. The van der Waals surface area contributed by atoms with E-state index in [0.29, 0.717) is 6.04 Å². The Morgan fingerprint density at radius 2 is 2.11 bits per heavy atom. The highest BCUT2D eigenvalue weighted by Gasteiger charge is 2.24. The lowest BCUT2D eigenvalue weighted by Gasteiger charge is -2.24. The Kier molecular flexibility index (Phi) is 4.76. The van der Waals surface area contributed by atoms with Gasteiger partial charge in [-0.25, -0.2) is 0 Å². The first-order chi connectivity index (χ1) is 8.75. The Bertz CT molecular complexity index is 377. The minimum atomic E-state index is -0.686. The number of carbonyl (C=O) groups is 1. The SMILES string of the molecule is O=C(O)CCCN1CCCC1Cc1ccccc1. The fraction of sp³-hybridized carbons (Fsp3) is 0.533. The second-order valence-corrected chi connectivity index (χ2v) is 5.02. The Labute approximate surface area is 108 Å². The third-order valence-corrected chi connectivity index (χ3v) is 3.65. The molecule has 0 bridgehead atoms. The highest BCUT2D eigenvalue weighted by Crippen LogP contribution is 2.21. The summed E-state index contributed by atoms with van der Waals surface area (Å²) in [4.78, 5) is 13.0. The number of rotatable bonds is 6. The van der Waals surface area contributed by atoms with E-state index in [9.17, 15) is 4.79 Å². The van der Waals surface area contributed by atoms with Crippen molar-refractivity contribution in [2.45, 2.75) is 38.1 Å². The van der Waals surface area contributed by atoms with Crippen LogP contribution in [0.1, 0.15) is 31.2 Å². The summed E-state index contributed by atoms with van der Waals surface area (Å²) in [5, 5.41) is 8.67. The quantitative estimate of drug-likeness (QED) is 0.840. The lowest BCUT2D eigenvalue weighted by atomic mass is 10.0. The summed E-state index contributed by atoms with van der Waals surface area (Å²) in [5.74, 6) is -0.686. The minimum absolute atomic E-state index is 0.286. The molecule has 98 valence electrons. The van der Waals surface area contributed by atoms with Crippen LogP contribution in [0.15, 0.2) is 30.3 Å². The number of hydrogen-bond acceptors (Lipinski definition) is 2. The average molecular weight is 247 g/mol. The monoisotopic (exact) mass is 247 g/mol. The first-order valence-corrected chi connectivity index (χ1v) is 6.75. The fourth-order valence-electron chi connectivity index (χ4n) is 2.74. The van der Waals surface area contributed by atoms with Crippen LogP contribution >= 0.6 is 0 Å². The molecule has 1 N–H and O–H groups in total. The molecular weight excluding hydrogens is 226 g/mol. The molecule has 3 heteroatoms. The third-order valence-electron chi connectivity index (χ3n) is 3.65. The van der Waals surface area contributed by atoms with Crippen molar-refractivity contribution in [3.63, 3.8) is 0 Å². The number of nitrogens with zero attached hydrogens (tertiary/aromatic N) is 1. The van der Waals surface area contributed by atoms with Crippen molar-refractivity contribution in [2.75, 3.05) is 13.1 Å². The number of aliphatic carboxylic acids is 1. The number of benzene rings is 1. The molecule has 2 rings (SSSR count). The van der Waals surface area contributed by atoms with E-state index in [4.69, 9.17) is 5.11 Å². The fourth-order valence-corrected chi connectivity index (χ4v) is 2.74. The summed E-state index contributed by atoms with van der Waals surface area (Å²) in [6.45, 7) is 2.04. The van der Waals surface area contributed by atoms with Crippen molar-refractivity contribution in [1.29, 1.82) is 0 Å². The van der Waals surface area contributed by atoms with Gasteiger partial charge in [-0.05, 0) is 44.3 Å². The molecule has 1 aromatic rings. The van der Waals surface area contributed by atoms with Crippen molar-refractivity contribution in [3.8, 4) is 0 Å². The molecular formula is C15H21NO2. The van der Waals surface area contributed by atoms with E-state index in [0.717, 1.165) is 25.9 Å². The van der Waals surface area contributed by atoms with Crippen LogP contribution in [0.25, 0.3) is 0 Å². The number of carboxylic acid groups (broad SMARTS) is 1. The van der Waals surface area contributed by atoms with Gasteiger partial charge in [0.05, 0.1) is 0 Å². The van der Waals surface area contributed by atoms with E-state index in [1.54, 1.807) is 0 Å². The molecule has 1 aliphatic heterocycles. The van der Waals surface area contributed by atoms with E-state index in [2.05, 4.69) is 29.2 Å². The van der Waals surface area contributed by atoms with Gasteiger partial charge in [-0.3, -0.25) is 4.79 Å². The van der Waals surface area contributed by atoms with E-state index in [1.165, 1.54) is 18.4 Å². The highest BCUT2D eigenvalue weighted by atomic mass is 16.4. The molecule has 0 spiro atoms. The zero-order valence-corrected chi connectivity index (χ0v) is 10.7. The zero-order valence-electron chi connectivity index (χ0n) is 10.7. The van der Waals surface area contributed by atoms with Gasteiger partial charge in [-0.1, -0.05) is 30.3 Å². The number of hydrogen-bond donors (Lipinski definition) is 1.